The van der Waals surface area contributed by atoms with Gasteiger partial charge in [-0.05, 0) is 25.0 Å². The largest absolute Gasteiger partial charge is 0.384 e. The molecule has 0 aliphatic carbocycles. The SMILES string of the molecule is CC(=O)NC1CCN(c2ccc(N)nc2)CC1. The monoisotopic (exact) mass is 234 g/mol. The molecule has 92 valence electrons. The second-order valence-electron chi connectivity index (χ2n) is 4.40. The Morgan fingerprint density at radius 2 is 2.18 bits per heavy atom. The van der Waals surface area contributed by atoms with E-state index in [1.165, 1.54) is 0 Å². The normalized spacial score (nSPS) is 16.9. The van der Waals surface area contributed by atoms with Crippen LogP contribution in [0.25, 0.3) is 0 Å². The van der Waals surface area contributed by atoms with Gasteiger partial charge in [-0.1, -0.05) is 0 Å². The number of nitrogens with one attached hydrogen (secondary N) is 1. The Kier molecular flexibility index (Phi) is 3.46. The average Bonchev–Trinajstić information content (AvgIpc) is 2.30. The quantitative estimate of drug-likeness (QED) is 0.793. The maximum atomic E-state index is 11.0. The maximum Gasteiger partial charge on any atom is 0.217 e. The van der Waals surface area contributed by atoms with E-state index in [0.29, 0.717) is 11.9 Å². The maximum absolute atomic E-state index is 11.0. The van der Waals surface area contributed by atoms with Crippen molar-refractivity contribution in [2.75, 3.05) is 23.7 Å². The van der Waals surface area contributed by atoms with Crippen molar-refractivity contribution in [2.24, 2.45) is 0 Å². The number of piperidine rings is 1. The molecule has 2 rings (SSSR count). The van der Waals surface area contributed by atoms with Crippen molar-refractivity contribution < 1.29 is 4.79 Å². The van der Waals surface area contributed by atoms with Crippen molar-refractivity contribution >= 4 is 17.4 Å². The molecule has 5 heteroatoms. The molecular formula is C12H18N4O. The van der Waals surface area contributed by atoms with Crippen LogP contribution in [0.15, 0.2) is 18.3 Å². The van der Waals surface area contributed by atoms with Gasteiger partial charge in [0.2, 0.25) is 5.91 Å². The summed E-state index contributed by atoms with van der Waals surface area (Å²) in [6, 6.07) is 4.11. The van der Waals surface area contributed by atoms with Crippen LogP contribution < -0.4 is 16.0 Å². The minimum absolute atomic E-state index is 0.0533. The summed E-state index contributed by atoms with van der Waals surface area (Å²) in [7, 11) is 0. The van der Waals surface area contributed by atoms with Gasteiger partial charge in [-0.3, -0.25) is 4.79 Å². The highest BCUT2D eigenvalue weighted by Crippen LogP contribution is 2.19. The molecule has 0 aromatic carbocycles. The van der Waals surface area contributed by atoms with E-state index in [1.54, 1.807) is 13.1 Å². The zero-order chi connectivity index (χ0) is 12.3. The van der Waals surface area contributed by atoms with Crippen LogP contribution in [-0.2, 0) is 4.79 Å². The van der Waals surface area contributed by atoms with Crippen molar-refractivity contribution in [1.29, 1.82) is 0 Å². The van der Waals surface area contributed by atoms with Crippen molar-refractivity contribution in [3.05, 3.63) is 18.3 Å². The van der Waals surface area contributed by atoms with Crippen LogP contribution in [0.1, 0.15) is 19.8 Å². The van der Waals surface area contributed by atoms with Gasteiger partial charge in [0.05, 0.1) is 11.9 Å². The first kappa shape index (κ1) is 11.7. The van der Waals surface area contributed by atoms with Gasteiger partial charge < -0.3 is 16.0 Å². The Balaban J connectivity index is 1.90. The molecule has 0 radical (unpaired) electrons. The second-order valence-corrected chi connectivity index (χ2v) is 4.40. The van der Waals surface area contributed by atoms with Crippen LogP contribution >= 0.6 is 0 Å². The molecule has 1 aliphatic rings. The molecule has 1 aromatic heterocycles. The van der Waals surface area contributed by atoms with E-state index in [2.05, 4.69) is 15.2 Å². The van der Waals surface area contributed by atoms with Crippen LogP contribution in [0, 0.1) is 0 Å². The average molecular weight is 234 g/mol. The highest BCUT2D eigenvalue weighted by atomic mass is 16.1. The number of pyridine rings is 1. The van der Waals surface area contributed by atoms with E-state index in [1.807, 2.05) is 12.1 Å². The molecular weight excluding hydrogens is 216 g/mol. The fourth-order valence-corrected chi connectivity index (χ4v) is 2.15. The van der Waals surface area contributed by atoms with Gasteiger partial charge in [-0.25, -0.2) is 4.98 Å². The number of nitrogen functional groups attached to an aromatic ring is 1. The molecule has 0 atom stereocenters. The molecule has 1 saturated heterocycles. The first-order valence-electron chi connectivity index (χ1n) is 5.89. The summed E-state index contributed by atoms with van der Waals surface area (Å²) in [5, 5.41) is 2.96. The van der Waals surface area contributed by atoms with Gasteiger partial charge in [0.1, 0.15) is 5.82 Å². The molecule has 1 amide bonds. The Hall–Kier alpha value is -1.78. The number of carbonyl (C=O) groups is 1. The zero-order valence-corrected chi connectivity index (χ0v) is 10.0. The number of nitrogens with two attached hydrogens (primary N) is 1. The van der Waals surface area contributed by atoms with Crippen LogP contribution in [0.3, 0.4) is 0 Å². The summed E-state index contributed by atoms with van der Waals surface area (Å²) in [6.45, 7) is 3.45. The highest BCUT2D eigenvalue weighted by molar-refractivity contribution is 5.73. The van der Waals surface area contributed by atoms with Crippen LogP contribution in [0.2, 0.25) is 0 Å². The van der Waals surface area contributed by atoms with Crippen LogP contribution in [0.4, 0.5) is 11.5 Å². The van der Waals surface area contributed by atoms with Crippen molar-refractivity contribution in [2.45, 2.75) is 25.8 Å². The second kappa shape index (κ2) is 5.03. The van der Waals surface area contributed by atoms with Gasteiger partial charge in [-0.2, -0.15) is 0 Å². The van der Waals surface area contributed by atoms with E-state index < -0.39 is 0 Å². The van der Waals surface area contributed by atoms with E-state index in [-0.39, 0.29) is 5.91 Å². The Bertz CT molecular complexity index is 382. The lowest BCUT2D eigenvalue weighted by molar-refractivity contribution is -0.119. The molecule has 0 unspecified atom stereocenters. The van der Waals surface area contributed by atoms with Crippen molar-refractivity contribution in [3.8, 4) is 0 Å². The molecule has 0 spiro atoms. The van der Waals surface area contributed by atoms with Gasteiger partial charge in [0.25, 0.3) is 0 Å². The molecule has 5 nitrogen and oxygen atoms in total. The summed E-state index contributed by atoms with van der Waals surface area (Å²) in [4.78, 5) is 17.3. The standard InChI is InChI=1S/C12H18N4O/c1-9(17)15-10-4-6-16(7-5-10)11-2-3-12(13)14-8-11/h2-3,8,10H,4-7H2,1H3,(H2,13,14)(H,15,17). The molecule has 2 heterocycles. The lowest BCUT2D eigenvalue weighted by Gasteiger charge is -2.33. The predicted octanol–water partition coefficient (Wildman–Crippen LogP) is 0.769. The van der Waals surface area contributed by atoms with Crippen LogP contribution in [-0.4, -0.2) is 30.0 Å². The molecule has 17 heavy (non-hydrogen) atoms. The van der Waals surface area contributed by atoms with Gasteiger partial charge >= 0.3 is 0 Å². The number of nitrogens with zero attached hydrogens (tertiary/aromatic N) is 2. The fraction of sp³-hybridized carbons (Fsp3) is 0.500. The minimum atomic E-state index is 0.0533. The number of rotatable bonds is 2. The third-order valence-corrected chi connectivity index (χ3v) is 3.04. The van der Waals surface area contributed by atoms with E-state index in [4.69, 9.17) is 5.73 Å². The van der Waals surface area contributed by atoms with Crippen molar-refractivity contribution in [3.63, 3.8) is 0 Å². The third-order valence-electron chi connectivity index (χ3n) is 3.04. The van der Waals surface area contributed by atoms with Gasteiger partial charge in [0, 0.05) is 26.1 Å². The Morgan fingerprint density at radius 3 is 2.71 bits per heavy atom. The van der Waals surface area contributed by atoms with E-state index >= 15 is 0 Å². The van der Waals surface area contributed by atoms with E-state index in [0.717, 1.165) is 31.6 Å². The number of carbonyl (C=O) groups excluding carboxylic acids is 1. The molecule has 0 bridgehead atoms. The lowest BCUT2D eigenvalue weighted by atomic mass is 10.0. The third kappa shape index (κ3) is 3.09. The summed E-state index contributed by atoms with van der Waals surface area (Å²) in [5.74, 6) is 0.597. The summed E-state index contributed by atoms with van der Waals surface area (Å²) >= 11 is 0. The number of aromatic nitrogens is 1. The topological polar surface area (TPSA) is 71.2 Å². The first-order chi connectivity index (χ1) is 8.15. The zero-order valence-electron chi connectivity index (χ0n) is 10.0. The Morgan fingerprint density at radius 1 is 1.47 bits per heavy atom. The molecule has 3 N–H and O–H groups in total. The molecule has 1 aliphatic heterocycles. The van der Waals surface area contributed by atoms with Gasteiger partial charge in [-0.15, -0.1) is 0 Å². The summed E-state index contributed by atoms with van der Waals surface area (Å²) in [5.41, 5.74) is 6.65. The highest BCUT2D eigenvalue weighted by Gasteiger charge is 2.19. The number of anilines is 2. The molecule has 1 fully saturated rings. The molecule has 1 aromatic rings. The Labute approximate surface area is 101 Å². The van der Waals surface area contributed by atoms with E-state index in [9.17, 15) is 4.79 Å². The minimum Gasteiger partial charge on any atom is -0.384 e. The molecule has 0 saturated carbocycles. The smallest absolute Gasteiger partial charge is 0.217 e. The fourth-order valence-electron chi connectivity index (χ4n) is 2.15. The number of hydrogen-bond acceptors (Lipinski definition) is 4. The van der Waals surface area contributed by atoms with Crippen LogP contribution in [0.5, 0.6) is 0 Å². The first-order valence-corrected chi connectivity index (χ1v) is 5.89. The van der Waals surface area contributed by atoms with Gasteiger partial charge in [0.15, 0.2) is 0 Å². The summed E-state index contributed by atoms with van der Waals surface area (Å²) < 4.78 is 0. The predicted molar refractivity (Wildman–Crippen MR) is 67.7 cm³/mol. The number of hydrogen-bond donors (Lipinski definition) is 2. The number of amides is 1. The van der Waals surface area contributed by atoms with Crippen molar-refractivity contribution in [1.82, 2.24) is 10.3 Å². The summed E-state index contributed by atoms with van der Waals surface area (Å²) in [6.07, 6.45) is 3.75. The lowest BCUT2D eigenvalue weighted by Crippen LogP contribution is -2.44.